The quantitative estimate of drug-likeness (QED) is 0.647. The van der Waals surface area contributed by atoms with Crippen LogP contribution in [0.2, 0.25) is 0 Å². The van der Waals surface area contributed by atoms with Crippen LogP contribution in [0.25, 0.3) is 10.8 Å². The van der Waals surface area contributed by atoms with E-state index >= 15 is 0 Å². The third-order valence-corrected chi connectivity index (χ3v) is 3.18. The lowest BCUT2D eigenvalue weighted by Crippen LogP contribution is -2.34. The number of nitrogens with zero attached hydrogens (tertiary/aromatic N) is 2. The van der Waals surface area contributed by atoms with E-state index in [0.717, 1.165) is 0 Å². The molecule has 0 amide bonds. The molecule has 21 heavy (non-hydrogen) atoms. The molecular weight excluding hydrogens is 274 g/mol. The van der Waals surface area contributed by atoms with Gasteiger partial charge in [0.15, 0.2) is 0 Å². The number of anilines is 1. The molecule has 0 aliphatic heterocycles. The molecule has 1 atom stereocenters. The van der Waals surface area contributed by atoms with Gasteiger partial charge in [-0.15, -0.1) is 0 Å². The first-order chi connectivity index (χ1) is 9.90. The topological polar surface area (TPSA) is 105 Å². The van der Waals surface area contributed by atoms with Crippen molar-refractivity contribution in [2.45, 2.75) is 19.9 Å². The van der Waals surface area contributed by atoms with Crippen LogP contribution in [-0.4, -0.2) is 27.0 Å². The number of carboxylic acid groups (broad SMARTS) is 1. The van der Waals surface area contributed by atoms with Crippen molar-refractivity contribution >= 4 is 28.2 Å². The maximum atomic E-state index is 11.2. The number of rotatable bonds is 5. The lowest BCUT2D eigenvalue weighted by Gasteiger charge is -2.19. The highest BCUT2D eigenvalue weighted by atomic mass is 16.6. The zero-order valence-corrected chi connectivity index (χ0v) is 11.6. The van der Waals surface area contributed by atoms with Crippen LogP contribution >= 0.6 is 0 Å². The molecule has 2 aromatic rings. The summed E-state index contributed by atoms with van der Waals surface area (Å²) in [4.78, 5) is 25.7. The Kier molecular flexibility index (Phi) is 4.02. The second kappa shape index (κ2) is 5.74. The molecule has 0 bridgehead atoms. The van der Waals surface area contributed by atoms with Gasteiger partial charge >= 0.3 is 5.97 Å². The molecule has 0 aliphatic rings. The maximum absolute atomic E-state index is 11.2. The van der Waals surface area contributed by atoms with Crippen LogP contribution in [0.5, 0.6) is 0 Å². The first kappa shape index (κ1) is 14.7. The molecule has 0 fully saturated rings. The summed E-state index contributed by atoms with van der Waals surface area (Å²) in [5.74, 6) is -0.688. The van der Waals surface area contributed by atoms with Gasteiger partial charge in [0, 0.05) is 23.7 Å². The van der Waals surface area contributed by atoms with Gasteiger partial charge in [-0.3, -0.25) is 10.1 Å². The van der Waals surface area contributed by atoms with E-state index in [1.165, 1.54) is 18.3 Å². The Labute approximate surface area is 120 Å². The van der Waals surface area contributed by atoms with Crippen LogP contribution in [0.4, 0.5) is 11.5 Å². The number of carbonyl (C=O) groups is 1. The number of benzene rings is 1. The predicted molar refractivity (Wildman–Crippen MR) is 78.3 cm³/mol. The Morgan fingerprint density at radius 2 is 2.10 bits per heavy atom. The summed E-state index contributed by atoms with van der Waals surface area (Å²) >= 11 is 0. The summed E-state index contributed by atoms with van der Waals surface area (Å²) in [6.07, 6.45) is 1.49. The number of nitro groups is 1. The Morgan fingerprint density at radius 3 is 2.67 bits per heavy atom. The molecule has 0 aliphatic carbocycles. The average molecular weight is 289 g/mol. The zero-order chi connectivity index (χ0) is 15.6. The Balaban J connectivity index is 2.45. The largest absolute Gasteiger partial charge is 0.480 e. The zero-order valence-electron chi connectivity index (χ0n) is 11.6. The van der Waals surface area contributed by atoms with E-state index < -0.39 is 16.9 Å². The van der Waals surface area contributed by atoms with Crippen molar-refractivity contribution in [3.05, 3.63) is 40.6 Å². The van der Waals surface area contributed by atoms with E-state index in [0.29, 0.717) is 16.6 Å². The minimum Gasteiger partial charge on any atom is -0.480 e. The molecular formula is C14H15N3O4. The number of non-ortho nitro benzene ring substituents is 1. The lowest BCUT2D eigenvalue weighted by molar-refractivity contribution is -0.384. The number of nitrogens with one attached hydrogen (secondary N) is 1. The molecule has 0 spiro atoms. The number of aliphatic carboxylic acids is 1. The molecule has 0 radical (unpaired) electrons. The van der Waals surface area contributed by atoms with Crippen molar-refractivity contribution in [2.24, 2.45) is 5.92 Å². The minimum atomic E-state index is -0.967. The first-order valence-corrected chi connectivity index (χ1v) is 6.42. The lowest BCUT2D eigenvalue weighted by atomic mass is 10.0. The van der Waals surface area contributed by atoms with Crippen LogP contribution in [0.1, 0.15) is 13.8 Å². The summed E-state index contributed by atoms with van der Waals surface area (Å²) < 4.78 is 0. The van der Waals surface area contributed by atoms with E-state index in [2.05, 4.69) is 10.3 Å². The molecule has 1 aromatic carbocycles. The fraction of sp³-hybridized carbons (Fsp3) is 0.286. The molecule has 2 N–H and O–H groups in total. The number of hydrogen-bond donors (Lipinski definition) is 2. The highest BCUT2D eigenvalue weighted by Crippen LogP contribution is 2.26. The maximum Gasteiger partial charge on any atom is 0.326 e. The highest BCUT2D eigenvalue weighted by molar-refractivity contribution is 5.94. The molecule has 2 rings (SSSR count). The van der Waals surface area contributed by atoms with Gasteiger partial charge in [0.1, 0.15) is 11.9 Å². The minimum absolute atomic E-state index is 0.0155. The highest BCUT2D eigenvalue weighted by Gasteiger charge is 2.22. The molecule has 110 valence electrons. The fourth-order valence-corrected chi connectivity index (χ4v) is 2.05. The van der Waals surface area contributed by atoms with Gasteiger partial charge < -0.3 is 10.4 Å². The van der Waals surface area contributed by atoms with E-state index in [1.54, 1.807) is 26.0 Å². The van der Waals surface area contributed by atoms with E-state index in [-0.39, 0.29) is 11.6 Å². The van der Waals surface area contributed by atoms with E-state index in [1.807, 2.05) is 0 Å². The van der Waals surface area contributed by atoms with Crippen LogP contribution in [0.3, 0.4) is 0 Å². The average Bonchev–Trinajstić information content (AvgIpc) is 2.43. The van der Waals surface area contributed by atoms with Gasteiger partial charge in [-0.1, -0.05) is 13.8 Å². The van der Waals surface area contributed by atoms with E-state index in [4.69, 9.17) is 0 Å². The van der Waals surface area contributed by atoms with Crippen LogP contribution in [0, 0.1) is 16.0 Å². The van der Waals surface area contributed by atoms with Gasteiger partial charge in [-0.2, -0.15) is 0 Å². The van der Waals surface area contributed by atoms with Gasteiger partial charge in [-0.05, 0) is 23.4 Å². The van der Waals surface area contributed by atoms with Crippen LogP contribution < -0.4 is 5.32 Å². The monoisotopic (exact) mass is 289 g/mol. The summed E-state index contributed by atoms with van der Waals surface area (Å²) in [6, 6.07) is 5.26. The number of carboxylic acids is 1. The molecule has 0 unspecified atom stereocenters. The third kappa shape index (κ3) is 3.07. The fourth-order valence-electron chi connectivity index (χ4n) is 2.05. The molecule has 0 saturated carbocycles. The van der Waals surface area contributed by atoms with Crippen LogP contribution in [0.15, 0.2) is 30.5 Å². The number of pyridine rings is 1. The summed E-state index contributed by atoms with van der Waals surface area (Å²) in [6.45, 7) is 3.59. The van der Waals surface area contributed by atoms with Crippen LogP contribution in [-0.2, 0) is 4.79 Å². The summed E-state index contributed by atoms with van der Waals surface area (Å²) in [5.41, 5.74) is -0.0155. The van der Waals surface area contributed by atoms with Crippen molar-refractivity contribution in [1.29, 1.82) is 0 Å². The standard InChI is InChI=1S/C14H15N3O4/c1-8(2)12(14(18)19)16-13-11-4-3-10(17(20)21)7-9(11)5-6-15-13/h3-8,12H,1-2H3,(H,15,16)(H,18,19)/t12-/m1/s1. The molecule has 0 saturated heterocycles. The Morgan fingerprint density at radius 1 is 1.38 bits per heavy atom. The number of nitro benzene ring substituents is 1. The molecule has 7 nitrogen and oxygen atoms in total. The van der Waals surface area contributed by atoms with Crippen molar-refractivity contribution in [2.75, 3.05) is 5.32 Å². The third-order valence-electron chi connectivity index (χ3n) is 3.18. The van der Waals surface area contributed by atoms with E-state index in [9.17, 15) is 20.0 Å². The number of aromatic nitrogens is 1. The summed E-state index contributed by atoms with van der Waals surface area (Å²) in [5, 5.41) is 24.2. The molecule has 1 heterocycles. The number of hydrogen-bond acceptors (Lipinski definition) is 5. The smallest absolute Gasteiger partial charge is 0.326 e. The normalized spacial score (nSPS) is 12.3. The van der Waals surface area contributed by atoms with Crippen molar-refractivity contribution in [3.8, 4) is 0 Å². The second-order valence-corrected chi connectivity index (χ2v) is 5.03. The molecule has 7 heteroatoms. The van der Waals surface area contributed by atoms with Gasteiger partial charge in [0.25, 0.3) is 5.69 Å². The summed E-state index contributed by atoms with van der Waals surface area (Å²) in [7, 11) is 0. The van der Waals surface area contributed by atoms with Gasteiger partial charge in [0.2, 0.25) is 0 Å². The van der Waals surface area contributed by atoms with Gasteiger partial charge in [-0.25, -0.2) is 9.78 Å². The van der Waals surface area contributed by atoms with Crippen molar-refractivity contribution in [1.82, 2.24) is 4.98 Å². The van der Waals surface area contributed by atoms with Gasteiger partial charge in [0.05, 0.1) is 4.92 Å². The first-order valence-electron chi connectivity index (χ1n) is 6.42. The van der Waals surface area contributed by atoms with Crippen molar-refractivity contribution < 1.29 is 14.8 Å². The Hall–Kier alpha value is -2.70. The predicted octanol–water partition coefficient (Wildman–Crippen LogP) is 2.66. The Bertz CT molecular complexity index is 700. The van der Waals surface area contributed by atoms with Crippen molar-refractivity contribution in [3.63, 3.8) is 0 Å². The molecule has 1 aromatic heterocycles. The second-order valence-electron chi connectivity index (χ2n) is 5.03. The number of fused-ring (bicyclic) bond motifs is 1. The SMILES string of the molecule is CC(C)[C@@H](Nc1nccc2cc([N+](=O)[O-])ccc12)C(=O)O.